The van der Waals surface area contributed by atoms with Gasteiger partial charge in [0, 0.05) is 11.9 Å². The molecule has 0 aliphatic rings. The number of aromatic nitrogens is 2. The van der Waals surface area contributed by atoms with E-state index in [0.717, 1.165) is 23.4 Å². The summed E-state index contributed by atoms with van der Waals surface area (Å²) in [6.07, 6.45) is 2.77. The van der Waals surface area contributed by atoms with Crippen LogP contribution in [0.5, 0.6) is 0 Å². The number of halogens is 1. The lowest BCUT2D eigenvalue weighted by atomic mass is 10.2. The summed E-state index contributed by atoms with van der Waals surface area (Å²) in [4.78, 5) is 3.01. The van der Waals surface area contributed by atoms with Crippen LogP contribution in [-0.2, 0) is 6.42 Å². The first-order valence-corrected chi connectivity index (χ1v) is 5.60. The van der Waals surface area contributed by atoms with Gasteiger partial charge in [-0.25, -0.2) is 4.39 Å². The topological polar surface area (TPSA) is 20.7 Å². The van der Waals surface area contributed by atoms with Crippen molar-refractivity contribution in [2.24, 2.45) is 0 Å². The summed E-state index contributed by atoms with van der Waals surface area (Å²) >= 11 is 5.23. The van der Waals surface area contributed by atoms with E-state index < -0.39 is 0 Å². The molecule has 2 aromatic rings. The lowest BCUT2D eigenvalue weighted by Crippen LogP contribution is -2.01. The van der Waals surface area contributed by atoms with E-state index in [0.29, 0.717) is 4.77 Å². The second-order valence-electron chi connectivity index (χ2n) is 3.70. The Labute approximate surface area is 98.7 Å². The van der Waals surface area contributed by atoms with Crippen LogP contribution >= 0.6 is 12.2 Å². The first-order chi connectivity index (χ1) is 7.63. The summed E-state index contributed by atoms with van der Waals surface area (Å²) in [5.41, 5.74) is 2.91. The van der Waals surface area contributed by atoms with E-state index in [-0.39, 0.29) is 5.82 Å². The summed E-state index contributed by atoms with van der Waals surface area (Å²) in [5, 5.41) is 0. The molecule has 2 rings (SSSR count). The lowest BCUT2D eigenvalue weighted by Gasteiger charge is -2.10. The lowest BCUT2D eigenvalue weighted by molar-refractivity contribution is 0.626. The molecular formula is C12H13FN2S. The number of nitrogens with one attached hydrogen (secondary N) is 1. The Bertz CT molecular complexity index is 569. The third-order valence-electron chi connectivity index (χ3n) is 2.61. The molecule has 16 heavy (non-hydrogen) atoms. The minimum Gasteiger partial charge on any atom is -0.337 e. The Morgan fingerprint density at radius 3 is 2.81 bits per heavy atom. The second-order valence-corrected chi connectivity index (χ2v) is 4.09. The van der Waals surface area contributed by atoms with Crippen LogP contribution in [0.1, 0.15) is 18.2 Å². The average Bonchev–Trinajstić information content (AvgIpc) is 2.60. The summed E-state index contributed by atoms with van der Waals surface area (Å²) in [6.45, 7) is 3.94. The minimum atomic E-state index is -0.221. The van der Waals surface area contributed by atoms with E-state index in [1.807, 2.05) is 17.7 Å². The van der Waals surface area contributed by atoms with Crippen molar-refractivity contribution in [1.82, 2.24) is 9.55 Å². The van der Waals surface area contributed by atoms with E-state index >= 15 is 0 Å². The number of imidazole rings is 1. The summed E-state index contributed by atoms with van der Waals surface area (Å²) in [5.74, 6) is -0.221. The van der Waals surface area contributed by atoms with Crippen molar-refractivity contribution in [2.45, 2.75) is 20.3 Å². The molecule has 84 valence electrons. The van der Waals surface area contributed by atoms with Gasteiger partial charge in [-0.15, -0.1) is 0 Å². The molecular weight excluding hydrogens is 223 g/mol. The minimum absolute atomic E-state index is 0.221. The molecule has 0 aliphatic carbocycles. The molecule has 0 bridgehead atoms. The van der Waals surface area contributed by atoms with Crippen LogP contribution in [0.3, 0.4) is 0 Å². The molecule has 1 aromatic carbocycles. The number of hydrogen-bond donors (Lipinski definition) is 1. The highest BCUT2D eigenvalue weighted by Crippen LogP contribution is 2.18. The van der Waals surface area contributed by atoms with Crippen LogP contribution < -0.4 is 0 Å². The summed E-state index contributed by atoms with van der Waals surface area (Å²) < 4.78 is 15.6. The SMILES string of the molecule is CCc1c[nH]c(=S)n1-c1ccc(F)cc1C. The van der Waals surface area contributed by atoms with Crippen LogP contribution in [0.15, 0.2) is 24.4 Å². The van der Waals surface area contributed by atoms with E-state index in [4.69, 9.17) is 12.2 Å². The Hall–Kier alpha value is -1.42. The number of rotatable bonds is 2. The number of hydrogen-bond acceptors (Lipinski definition) is 1. The molecule has 0 spiro atoms. The quantitative estimate of drug-likeness (QED) is 0.791. The van der Waals surface area contributed by atoms with Gasteiger partial charge in [0.05, 0.1) is 5.69 Å². The van der Waals surface area contributed by atoms with Crippen LogP contribution in [-0.4, -0.2) is 9.55 Å². The molecule has 0 radical (unpaired) electrons. The molecule has 0 saturated heterocycles. The third kappa shape index (κ3) is 1.80. The molecule has 0 unspecified atom stereocenters. The van der Waals surface area contributed by atoms with Gasteiger partial charge in [0.2, 0.25) is 0 Å². The van der Waals surface area contributed by atoms with E-state index in [1.54, 1.807) is 6.07 Å². The van der Waals surface area contributed by atoms with Gasteiger partial charge in [-0.1, -0.05) is 6.92 Å². The predicted octanol–water partition coefficient (Wildman–Crippen LogP) is 3.54. The van der Waals surface area contributed by atoms with Crippen molar-refractivity contribution < 1.29 is 4.39 Å². The molecule has 4 heteroatoms. The summed E-state index contributed by atoms with van der Waals surface area (Å²) in [6, 6.07) is 4.73. The van der Waals surface area contributed by atoms with Gasteiger partial charge in [0.25, 0.3) is 0 Å². The molecule has 1 heterocycles. The van der Waals surface area contributed by atoms with Crippen molar-refractivity contribution in [3.05, 3.63) is 46.2 Å². The number of nitrogens with zero attached hydrogens (tertiary/aromatic N) is 1. The molecule has 1 aromatic heterocycles. The van der Waals surface area contributed by atoms with E-state index in [2.05, 4.69) is 11.9 Å². The highest BCUT2D eigenvalue weighted by atomic mass is 32.1. The Morgan fingerprint density at radius 1 is 1.44 bits per heavy atom. The normalized spacial score (nSPS) is 10.7. The van der Waals surface area contributed by atoms with Crippen molar-refractivity contribution in [3.63, 3.8) is 0 Å². The Kier molecular flexibility index (Phi) is 2.92. The van der Waals surface area contributed by atoms with Gasteiger partial charge in [-0.05, 0) is 49.3 Å². The highest BCUT2D eigenvalue weighted by Gasteiger charge is 2.07. The van der Waals surface area contributed by atoms with Crippen LogP contribution in [0.4, 0.5) is 4.39 Å². The molecule has 0 fully saturated rings. The maximum atomic E-state index is 13.0. The van der Waals surface area contributed by atoms with Crippen molar-refractivity contribution in [3.8, 4) is 5.69 Å². The van der Waals surface area contributed by atoms with Crippen molar-refractivity contribution >= 4 is 12.2 Å². The standard InChI is InChI=1S/C12H13FN2S/c1-3-10-7-14-12(16)15(10)11-5-4-9(13)6-8(11)2/h4-7H,3H2,1-2H3,(H,14,16). The number of aryl methyl sites for hydroxylation is 2. The first kappa shape index (κ1) is 11.1. The van der Waals surface area contributed by atoms with Gasteiger partial charge in [0.15, 0.2) is 4.77 Å². The predicted molar refractivity (Wildman–Crippen MR) is 65.0 cm³/mol. The third-order valence-corrected chi connectivity index (χ3v) is 2.91. The maximum absolute atomic E-state index is 13.0. The summed E-state index contributed by atoms with van der Waals surface area (Å²) in [7, 11) is 0. The molecule has 2 nitrogen and oxygen atoms in total. The molecule has 0 saturated carbocycles. The zero-order valence-corrected chi connectivity index (χ0v) is 10.1. The Balaban J connectivity index is 2.67. The van der Waals surface area contributed by atoms with E-state index in [1.165, 1.54) is 12.1 Å². The largest absolute Gasteiger partial charge is 0.337 e. The van der Waals surface area contributed by atoms with Gasteiger partial charge in [0.1, 0.15) is 5.82 Å². The smallest absolute Gasteiger partial charge is 0.182 e. The maximum Gasteiger partial charge on any atom is 0.182 e. The average molecular weight is 236 g/mol. The van der Waals surface area contributed by atoms with Gasteiger partial charge in [-0.2, -0.15) is 0 Å². The van der Waals surface area contributed by atoms with Crippen molar-refractivity contribution in [1.29, 1.82) is 0 Å². The molecule has 1 N–H and O–H groups in total. The second kappa shape index (κ2) is 4.22. The Morgan fingerprint density at radius 2 is 2.19 bits per heavy atom. The monoisotopic (exact) mass is 236 g/mol. The van der Waals surface area contributed by atoms with Gasteiger partial charge < -0.3 is 4.98 Å². The fourth-order valence-electron chi connectivity index (χ4n) is 1.80. The highest BCUT2D eigenvalue weighted by molar-refractivity contribution is 7.71. The first-order valence-electron chi connectivity index (χ1n) is 5.19. The fraction of sp³-hybridized carbons (Fsp3) is 0.250. The van der Waals surface area contributed by atoms with Gasteiger partial charge >= 0.3 is 0 Å². The number of benzene rings is 1. The van der Waals surface area contributed by atoms with Crippen molar-refractivity contribution in [2.75, 3.05) is 0 Å². The van der Waals surface area contributed by atoms with E-state index in [9.17, 15) is 4.39 Å². The fourth-order valence-corrected chi connectivity index (χ4v) is 2.07. The number of H-pyrrole nitrogens is 1. The zero-order chi connectivity index (χ0) is 11.7. The van der Waals surface area contributed by atoms with Gasteiger partial charge in [-0.3, -0.25) is 4.57 Å². The zero-order valence-electron chi connectivity index (χ0n) is 9.25. The van der Waals surface area contributed by atoms with Crippen LogP contribution in [0.25, 0.3) is 5.69 Å². The molecule has 0 amide bonds. The van der Waals surface area contributed by atoms with Crippen LogP contribution in [0.2, 0.25) is 0 Å². The van der Waals surface area contributed by atoms with Crippen LogP contribution in [0, 0.1) is 17.5 Å². The number of aromatic amines is 1. The molecule has 0 aliphatic heterocycles. The molecule has 0 atom stereocenters.